The molecule has 174 valence electrons. The number of rotatable bonds is 8. The molecule has 0 spiro atoms. The highest BCUT2D eigenvalue weighted by Crippen LogP contribution is 2.57. The predicted octanol–water partition coefficient (Wildman–Crippen LogP) is 6.08. The summed E-state index contributed by atoms with van der Waals surface area (Å²) in [5.74, 6) is 0.160. The molecule has 2 atom stereocenters. The van der Waals surface area contributed by atoms with Crippen molar-refractivity contribution in [2.24, 2.45) is 0 Å². The largest absolute Gasteiger partial charge is 0.496 e. The Morgan fingerprint density at radius 3 is 1.62 bits per heavy atom. The van der Waals surface area contributed by atoms with Gasteiger partial charge >= 0.3 is 0 Å². The Morgan fingerprint density at radius 2 is 1.09 bits per heavy atom. The molecule has 4 aromatic rings. The molecule has 0 aliphatic carbocycles. The highest BCUT2D eigenvalue weighted by Gasteiger charge is 2.37. The van der Waals surface area contributed by atoms with Gasteiger partial charge in [0.05, 0.1) is 7.11 Å². The molecule has 0 saturated carbocycles. The van der Waals surface area contributed by atoms with E-state index in [4.69, 9.17) is 4.74 Å². The fourth-order valence-corrected chi connectivity index (χ4v) is 10.2. The van der Waals surface area contributed by atoms with Crippen molar-refractivity contribution < 1.29 is 13.5 Å². The zero-order valence-electron chi connectivity index (χ0n) is 19.4. The number of ether oxygens (including phenoxy) is 1. The Kier molecular flexibility index (Phi) is 8.06. The minimum Gasteiger partial charge on any atom is -0.496 e. The third-order valence-electron chi connectivity index (χ3n) is 5.35. The fraction of sp³-hybridized carbons (Fsp3) is 0.143. The Bertz CT molecular complexity index is 1240. The molecule has 2 nitrogen and oxygen atoms in total. The number of benzene rings is 4. The number of methoxy groups -OCH3 is 1. The zero-order chi connectivity index (χ0) is 24.1. The summed E-state index contributed by atoms with van der Waals surface area (Å²) in [6.07, 6.45) is 0. The monoisotopic (exact) mass is 493 g/mol. The average Bonchev–Trinajstić information content (AvgIpc) is 2.86. The van der Waals surface area contributed by atoms with Crippen LogP contribution in [0.5, 0.6) is 5.75 Å². The van der Waals surface area contributed by atoms with Crippen molar-refractivity contribution >= 4 is 37.4 Å². The van der Waals surface area contributed by atoms with Gasteiger partial charge in [-0.1, -0.05) is 66.7 Å². The summed E-state index contributed by atoms with van der Waals surface area (Å²) in [7, 11) is -1.10. The van der Waals surface area contributed by atoms with Crippen molar-refractivity contribution in [1.82, 2.24) is 4.44 Å². The molecular weight excluding hydrogens is 466 g/mol. The zero-order valence-corrected chi connectivity index (χ0v) is 21.2. The van der Waals surface area contributed by atoms with Gasteiger partial charge in [-0.15, -0.1) is 0 Å². The van der Waals surface area contributed by atoms with Gasteiger partial charge in [-0.3, -0.25) is 0 Å². The lowest BCUT2D eigenvalue weighted by molar-refractivity contribution is 0.418. The first-order chi connectivity index (χ1) is 16.5. The Labute approximate surface area is 202 Å². The number of nitrogens with zero attached hydrogens (tertiary/aromatic N) is 1. The van der Waals surface area contributed by atoms with E-state index in [0.717, 1.165) is 10.6 Å². The van der Waals surface area contributed by atoms with Crippen LogP contribution in [0, 0.1) is 11.6 Å². The molecule has 0 amide bonds. The summed E-state index contributed by atoms with van der Waals surface area (Å²) < 4.78 is 38.8. The minimum atomic E-state index is -1.40. The van der Waals surface area contributed by atoms with E-state index in [9.17, 15) is 0 Å². The van der Waals surface area contributed by atoms with Crippen LogP contribution in [0.2, 0.25) is 0 Å². The molecule has 0 N–H and O–H groups in total. The minimum absolute atomic E-state index is 0.0125. The van der Waals surface area contributed by atoms with Gasteiger partial charge in [-0.2, -0.15) is 0 Å². The fourth-order valence-electron chi connectivity index (χ4n) is 3.89. The van der Waals surface area contributed by atoms with Crippen molar-refractivity contribution in [3.8, 4) is 5.75 Å². The Morgan fingerprint density at radius 1 is 0.618 bits per heavy atom. The average molecular weight is 493 g/mol. The van der Waals surface area contributed by atoms with Crippen LogP contribution in [0.25, 0.3) is 0 Å². The molecule has 0 bridgehead atoms. The summed E-state index contributed by atoms with van der Waals surface area (Å²) in [5.41, 5.74) is 0. The smallest absolute Gasteiger partial charge is 0.132 e. The van der Waals surface area contributed by atoms with E-state index in [0.29, 0.717) is 16.4 Å². The van der Waals surface area contributed by atoms with Gasteiger partial charge in [0.1, 0.15) is 17.4 Å². The molecule has 34 heavy (non-hydrogen) atoms. The summed E-state index contributed by atoms with van der Waals surface area (Å²) >= 11 is 0. The third kappa shape index (κ3) is 5.05. The predicted molar refractivity (Wildman–Crippen MR) is 142 cm³/mol. The summed E-state index contributed by atoms with van der Waals surface area (Å²) in [6, 6.07) is 31.5. The normalized spacial score (nSPS) is 13.1. The number of halogens is 2. The number of hydrogen-bond donors (Lipinski definition) is 0. The van der Waals surface area contributed by atoms with Crippen molar-refractivity contribution in [1.29, 1.82) is 0 Å². The van der Waals surface area contributed by atoms with E-state index in [2.05, 4.69) is 18.3 Å². The van der Waals surface area contributed by atoms with Crippen LogP contribution < -0.4 is 26.0 Å². The molecule has 0 saturated heterocycles. The lowest BCUT2D eigenvalue weighted by atomic mass is 10.3. The van der Waals surface area contributed by atoms with Crippen LogP contribution in [0.4, 0.5) is 8.78 Å². The van der Waals surface area contributed by atoms with Crippen LogP contribution in [-0.2, 0) is 0 Å². The van der Waals surface area contributed by atoms with Crippen molar-refractivity contribution in [3.63, 3.8) is 0 Å². The molecule has 0 aliphatic rings. The molecule has 0 aromatic heterocycles. The van der Waals surface area contributed by atoms with Gasteiger partial charge in [0, 0.05) is 38.1 Å². The highest BCUT2D eigenvalue weighted by atomic mass is 31.2. The number of hydrogen-bond acceptors (Lipinski definition) is 2. The first-order valence-corrected chi connectivity index (χ1v) is 13.7. The standard InChI is InChI=1S/C28H27F2NOP2/c1-21(2)31(33(22-13-5-4-6-14-22)26-18-10-7-15-23(26)29)34(27-19-11-8-16-24(27)30)28-20-12-9-17-25(28)32-3/h4-21H,1-3H3. The first-order valence-electron chi connectivity index (χ1n) is 11.1. The van der Waals surface area contributed by atoms with Crippen LogP contribution in [0.3, 0.4) is 0 Å². The maximum atomic E-state index is 15.4. The van der Waals surface area contributed by atoms with Gasteiger partial charge in [0.2, 0.25) is 0 Å². The molecule has 2 unspecified atom stereocenters. The topological polar surface area (TPSA) is 12.5 Å². The van der Waals surface area contributed by atoms with E-state index < -0.39 is 16.1 Å². The van der Waals surface area contributed by atoms with Crippen LogP contribution in [0.1, 0.15) is 13.8 Å². The Balaban J connectivity index is 2.03. The van der Waals surface area contributed by atoms with E-state index in [1.807, 2.05) is 78.9 Å². The van der Waals surface area contributed by atoms with Crippen LogP contribution in [0.15, 0.2) is 103 Å². The van der Waals surface area contributed by atoms with Crippen molar-refractivity contribution in [2.45, 2.75) is 19.9 Å². The first kappa shape index (κ1) is 24.5. The molecule has 0 heterocycles. The third-order valence-corrected chi connectivity index (χ3v) is 11.4. The molecule has 4 rings (SSSR count). The van der Waals surface area contributed by atoms with Crippen LogP contribution >= 0.6 is 16.1 Å². The summed E-state index contributed by atoms with van der Waals surface area (Å²) in [6.45, 7) is 4.18. The van der Waals surface area contributed by atoms with Crippen LogP contribution in [-0.4, -0.2) is 17.6 Å². The maximum absolute atomic E-state index is 15.4. The molecule has 4 aromatic carbocycles. The molecule has 0 fully saturated rings. The SMILES string of the molecule is COc1ccccc1P(c1ccccc1F)N(C(C)C)P(c1ccccc1)c1ccccc1F. The Hall–Kier alpha value is -2.64. The summed E-state index contributed by atoms with van der Waals surface area (Å²) in [5, 5.41) is 3.13. The second-order valence-electron chi connectivity index (χ2n) is 7.95. The quantitative estimate of drug-likeness (QED) is 0.276. The van der Waals surface area contributed by atoms with E-state index in [1.54, 1.807) is 19.2 Å². The van der Waals surface area contributed by atoms with Gasteiger partial charge < -0.3 is 4.74 Å². The number of para-hydroxylation sites is 1. The summed E-state index contributed by atoms with van der Waals surface area (Å²) in [4.78, 5) is 0. The lowest BCUT2D eigenvalue weighted by Crippen LogP contribution is -2.37. The van der Waals surface area contributed by atoms with Crippen molar-refractivity contribution in [2.75, 3.05) is 7.11 Å². The van der Waals surface area contributed by atoms with Gasteiger partial charge in [-0.25, -0.2) is 13.2 Å². The second kappa shape index (κ2) is 11.2. The maximum Gasteiger partial charge on any atom is 0.132 e. The molecular formula is C28H27F2NOP2. The van der Waals surface area contributed by atoms with E-state index in [-0.39, 0.29) is 17.7 Å². The van der Waals surface area contributed by atoms with Crippen molar-refractivity contribution in [3.05, 3.63) is 115 Å². The van der Waals surface area contributed by atoms with Gasteiger partial charge in [0.25, 0.3) is 0 Å². The van der Waals surface area contributed by atoms with Gasteiger partial charge in [-0.05, 0) is 55.6 Å². The second-order valence-corrected chi connectivity index (χ2v) is 12.3. The molecule has 0 radical (unpaired) electrons. The lowest BCUT2D eigenvalue weighted by Gasteiger charge is -2.42. The molecule has 6 heteroatoms. The molecule has 0 aliphatic heterocycles. The van der Waals surface area contributed by atoms with E-state index >= 15 is 8.78 Å². The van der Waals surface area contributed by atoms with Gasteiger partial charge in [0.15, 0.2) is 0 Å². The van der Waals surface area contributed by atoms with E-state index in [1.165, 1.54) is 12.1 Å². The highest BCUT2D eigenvalue weighted by molar-refractivity contribution is 7.84.